The number of aromatic amines is 1. The smallest absolute Gasteiger partial charge is 0.425 e. The van der Waals surface area contributed by atoms with Crippen LogP contribution in [-0.4, -0.2) is 38.6 Å². The number of halogens is 1. The Bertz CT molecular complexity index is 777. The normalized spacial score (nSPS) is 12.1. The van der Waals surface area contributed by atoms with Gasteiger partial charge in [0.05, 0.1) is 5.39 Å². The van der Waals surface area contributed by atoms with Gasteiger partial charge in [0.1, 0.15) is 16.4 Å². The Morgan fingerprint density at radius 2 is 1.56 bits per heavy atom. The number of carbonyl (C=O) groups excluding carboxylic acids is 2. The van der Waals surface area contributed by atoms with Crippen molar-refractivity contribution < 1.29 is 19.1 Å². The average molecular weight is 369 g/mol. The molecule has 0 aliphatic carbocycles. The second-order valence-corrected chi connectivity index (χ2v) is 7.76. The van der Waals surface area contributed by atoms with Gasteiger partial charge in [0.25, 0.3) is 0 Å². The summed E-state index contributed by atoms with van der Waals surface area (Å²) in [6.45, 7) is 10.2. The monoisotopic (exact) mass is 368 g/mol. The van der Waals surface area contributed by atoms with E-state index in [9.17, 15) is 9.59 Å². The molecule has 0 radical (unpaired) electrons. The number of aromatic nitrogens is 3. The second kappa shape index (κ2) is 6.51. The quantitative estimate of drug-likeness (QED) is 0.754. The standard InChI is InChI=1S/C16H21ClN4O4/c1-15(2,3)24-13(22)21(14(23)25-16(4,5)6)12-9-7-8-10(17)18-11(9)19-20-12/h7-8H,1-6H3,(H,18,19,20). The number of ether oxygens (including phenoxy) is 2. The van der Waals surface area contributed by atoms with Crippen molar-refractivity contribution in [2.45, 2.75) is 52.7 Å². The SMILES string of the molecule is CC(C)(C)OC(=O)N(C(=O)OC(C)(C)C)c1n[nH]c2nc(Cl)ccc12. The second-order valence-electron chi connectivity index (χ2n) is 7.37. The van der Waals surface area contributed by atoms with Crippen LogP contribution in [0, 0.1) is 0 Å². The van der Waals surface area contributed by atoms with Crippen molar-refractivity contribution in [3.63, 3.8) is 0 Å². The van der Waals surface area contributed by atoms with Crippen LogP contribution in [0.3, 0.4) is 0 Å². The molecule has 1 N–H and O–H groups in total. The Morgan fingerprint density at radius 3 is 2.04 bits per heavy atom. The van der Waals surface area contributed by atoms with E-state index in [0.717, 1.165) is 4.90 Å². The summed E-state index contributed by atoms with van der Waals surface area (Å²) in [5.74, 6) is 0.0302. The van der Waals surface area contributed by atoms with Gasteiger partial charge in [0, 0.05) is 0 Å². The fourth-order valence-corrected chi connectivity index (χ4v) is 2.05. The lowest BCUT2D eigenvalue weighted by molar-refractivity contribution is 0.0429. The Hall–Kier alpha value is -2.35. The number of hydrogen-bond acceptors (Lipinski definition) is 6. The summed E-state index contributed by atoms with van der Waals surface area (Å²) in [7, 11) is 0. The van der Waals surface area contributed by atoms with Crippen molar-refractivity contribution in [3.8, 4) is 0 Å². The zero-order chi connectivity index (χ0) is 19.0. The highest BCUT2D eigenvalue weighted by Crippen LogP contribution is 2.27. The van der Waals surface area contributed by atoms with E-state index in [1.807, 2.05) is 0 Å². The predicted octanol–water partition coefficient (Wildman–Crippen LogP) is 4.29. The lowest BCUT2D eigenvalue weighted by Gasteiger charge is -2.27. The van der Waals surface area contributed by atoms with Crippen molar-refractivity contribution in [3.05, 3.63) is 17.3 Å². The number of amides is 2. The number of carbonyl (C=O) groups is 2. The molecule has 0 fully saturated rings. The maximum atomic E-state index is 12.6. The van der Waals surface area contributed by atoms with Crippen LogP contribution in [0.25, 0.3) is 11.0 Å². The minimum Gasteiger partial charge on any atom is -0.443 e. The lowest BCUT2D eigenvalue weighted by Crippen LogP contribution is -2.44. The van der Waals surface area contributed by atoms with Gasteiger partial charge in [-0.25, -0.2) is 14.6 Å². The summed E-state index contributed by atoms with van der Waals surface area (Å²) in [6.07, 6.45) is -1.80. The van der Waals surface area contributed by atoms with E-state index in [4.69, 9.17) is 21.1 Å². The Balaban J connectivity index is 2.49. The van der Waals surface area contributed by atoms with E-state index >= 15 is 0 Å². The summed E-state index contributed by atoms with van der Waals surface area (Å²) in [4.78, 5) is 30.0. The van der Waals surface area contributed by atoms with Gasteiger partial charge >= 0.3 is 12.2 Å². The molecular weight excluding hydrogens is 348 g/mol. The maximum Gasteiger partial charge on any atom is 0.425 e. The van der Waals surface area contributed by atoms with E-state index in [1.165, 1.54) is 6.07 Å². The van der Waals surface area contributed by atoms with Gasteiger partial charge in [-0.2, -0.15) is 10.00 Å². The molecule has 2 rings (SSSR count). The molecule has 136 valence electrons. The summed E-state index contributed by atoms with van der Waals surface area (Å²) < 4.78 is 10.6. The lowest BCUT2D eigenvalue weighted by atomic mass is 10.2. The number of nitrogens with zero attached hydrogens (tertiary/aromatic N) is 3. The summed E-state index contributed by atoms with van der Waals surface area (Å²) >= 11 is 5.85. The van der Waals surface area contributed by atoms with Gasteiger partial charge < -0.3 is 9.47 Å². The minimum atomic E-state index is -0.898. The molecule has 0 atom stereocenters. The van der Waals surface area contributed by atoms with Crippen molar-refractivity contribution in [1.29, 1.82) is 0 Å². The number of fused-ring (bicyclic) bond motifs is 1. The van der Waals surface area contributed by atoms with Crippen LogP contribution in [0.1, 0.15) is 41.5 Å². The molecule has 25 heavy (non-hydrogen) atoms. The fourth-order valence-electron chi connectivity index (χ4n) is 1.90. The molecule has 0 aliphatic heterocycles. The van der Waals surface area contributed by atoms with Crippen molar-refractivity contribution in [1.82, 2.24) is 15.2 Å². The summed E-state index contributed by atoms with van der Waals surface area (Å²) in [6, 6.07) is 3.14. The van der Waals surface area contributed by atoms with E-state index in [0.29, 0.717) is 11.0 Å². The number of nitrogens with one attached hydrogen (secondary N) is 1. The number of anilines is 1. The molecule has 0 saturated carbocycles. The minimum absolute atomic E-state index is 0.0302. The van der Waals surface area contributed by atoms with Crippen LogP contribution in [0.5, 0.6) is 0 Å². The molecule has 0 aromatic carbocycles. The van der Waals surface area contributed by atoms with Gasteiger partial charge in [-0.3, -0.25) is 5.10 Å². The van der Waals surface area contributed by atoms with Crippen LogP contribution in [0.4, 0.5) is 15.4 Å². The molecule has 2 heterocycles. The largest absolute Gasteiger partial charge is 0.443 e. The Morgan fingerprint density at radius 1 is 1.04 bits per heavy atom. The highest BCUT2D eigenvalue weighted by molar-refractivity contribution is 6.29. The Labute approximate surface area is 150 Å². The van der Waals surface area contributed by atoms with Crippen molar-refractivity contribution in [2.24, 2.45) is 0 Å². The zero-order valence-corrected chi connectivity index (χ0v) is 15.8. The first-order valence-corrected chi connectivity index (χ1v) is 8.02. The van der Waals surface area contributed by atoms with Crippen LogP contribution in [-0.2, 0) is 9.47 Å². The number of pyridine rings is 1. The summed E-state index contributed by atoms with van der Waals surface area (Å²) in [5, 5.41) is 7.34. The first-order chi connectivity index (χ1) is 11.4. The molecule has 9 heteroatoms. The number of hydrogen-bond donors (Lipinski definition) is 1. The molecule has 8 nitrogen and oxygen atoms in total. The van der Waals surface area contributed by atoms with Gasteiger partial charge in [-0.15, -0.1) is 0 Å². The maximum absolute atomic E-state index is 12.6. The van der Waals surface area contributed by atoms with Gasteiger partial charge in [0.2, 0.25) is 0 Å². The van der Waals surface area contributed by atoms with Crippen molar-refractivity contribution in [2.75, 3.05) is 4.90 Å². The van der Waals surface area contributed by atoms with E-state index in [-0.39, 0.29) is 11.0 Å². The van der Waals surface area contributed by atoms with Crippen LogP contribution < -0.4 is 4.90 Å². The van der Waals surface area contributed by atoms with E-state index in [1.54, 1.807) is 47.6 Å². The molecular formula is C16H21ClN4O4. The molecule has 0 bridgehead atoms. The van der Waals surface area contributed by atoms with Gasteiger partial charge in [-0.1, -0.05) is 11.6 Å². The number of rotatable bonds is 1. The highest BCUT2D eigenvalue weighted by atomic mass is 35.5. The van der Waals surface area contributed by atoms with Crippen LogP contribution in [0.2, 0.25) is 5.15 Å². The third-order valence-corrected chi connectivity index (χ3v) is 2.94. The molecule has 0 spiro atoms. The predicted molar refractivity (Wildman–Crippen MR) is 93.8 cm³/mol. The molecule has 2 aromatic heterocycles. The third-order valence-electron chi connectivity index (χ3n) is 2.73. The van der Waals surface area contributed by atoms with Gasteiger partial charge in [0.15, 0.2) is 11.5 Å². The van der Waals surface area contributed by atoms with E-state index < -0.39 is 23.4 Å². The number of H-pyrrole nitrogens is 1. The molecule has 2 aromatic rings. The topological polar surface area (TPSA) is 97.4 Å². The first-order valence-electron chi connectivity index (χ1n) is 7.64. The van der Waals surface area contributed by atoms with Crippen molar-refractivity contribution >= 4 is 40.6 Å². The fraction of sp³-hybridized carbons (Fsp3) is 0.500. The molecule has 0 saturated heterocycles. The average Bonchev–Trinajstić information content (AvgIpc) is 2.77. The first kappa shape index (κ1) is 19.0. The molecule has 0 aliphatic rings. The van der Waals surface area contributed by atoms with Crippen LogP contribution >= 0.6 is 11.6 Å². The third kappa shape index (κ3) is 4.82. The molecule has 2 amide bonds. The van der Waals surface area contributed by atoms with Gasteiger partial charge in [-0.05, 0) is 53.7 Å². The Kier molecular flexibility index (Phi) is 4.94. The van der Waals surface area contributed by atoms with Crippen LogP contribution in [0.15, 0.2) is 12.1 Å². The van der Waals surface area contributed by atoms with E-state index in [2.05, 4.69) is 15.2 Å². The zero-order valence-electron chi connectivity index (χ0n) is 15.0. The summed E-state index contributed by atoms with van der Waals surface area (Å²) in [5.41, 5.74) is -1.27. The highest BCUT2D eigenvalue weighted by Gasteiger charge is 2.35. The number of imide groups is 1. The molecule has 0 unspecified atom stereocenters.